The zero-order chi connectivity index (χ0) is 17.0. The molecular formula is C21H29NOS. The Morgan fingerprint density at radius 2 is 2.12 bits per heavy atom. The molecule has 1 aliphatic rings. The van der Waals surface area contributed by atoms with E-state index in [4.69, 9.17) is 0 Å². The van der Waals surface area contributed by atoms with E-state index in [1.807, 2.05) is 23.5 Å². The maximum absolute atomic E-state index is 9.81. The van der Waals surface area contributed by atoms with Gasteiger partial charge in [-0.15, -0.1) is 11.3 Å². The Bertz CT molecular complexity index is 639. The summed E-state index contributed by atoms with van der Waals surface area (Å²) in [5.41, 5.74) is 1.46. The SMILES string of the molecule is C[C@@H]1CN(CCCCc2cccs2)CC[C@]1(C)c1cccc(O)c1. The van der Waals surface area contributed by atoms with Crippen LogP contribution in [0, 0.1) is 5.92 Å². The van der Waals surface area contributed by atoms with Gasteiger partial charge in [0.1, 0.15) is 5.75 Å². The van der Waals surface area contributed by atoms with E-state index >= 15 is 0 Å². The molecular weight excluding hydrogens is 314 g/mol. The van der Waals surface area contributed by atoms with Crippen molar-refractivity contribution in [2.45, 2.75) is 44.9 Å². The first-order chi connectivity index (χ1) is 11.6. The summed E-state index contributed by atoms with van der Waals surface area (Å²) < 4.78 is 0. The summed E-state index contributed by atoms with van der Waals surface area (Å²) in [5.74, 6) is 0.988. The van der Waals surface area contributed by atoms with E-state index in [1.54, 1.807) is 6.07 Å². The van der Waals surface area contributed by atoms with E-state index in [-0.39, 0.29) is 5.41 Å². The summed E-state index contributed by atoms with van der Waals surface area (Å²) in [6.07, 6.45) is 4.97. The van der Waals surface area contributed by atoms with Crippen LogP contribution in [0.1, 0.15) is 43.6 Å². The summed E-state index contributed by atoms with van der Waals surface area (Å²) in [4.78, 5) is 4.14. The monoisotopic (exact) mass is 343 g/mol. The van der Waals surface area contributed by atoms with Crippen LogP contribution >= 0.6 is 11.3 Å². The number of hydrogen-bond donors (Lipinski definition) is 1. The second kappa shape index (κ2) is 7.71. The Morgan fingerprint density at radius 1 is 1.25 bits per heavy atom. The van der Waals surface area contributed by atoms with Gasteiger partial charge in [0.2, 0.25) is 0 Å². The third kappa shape index (κ3) is 4.01. The van der Waals surface area contributed by atoms with Crippen LogP contribution in [0.5, 0.6) is 5.75 Å². The molecule has 1 aromatic heterocycles. The Hall–Kier alpha value is -1.32. The fourth-order valence-electron chi connectivity index (χ4n) is 3.90. The molecule has 1 saturated heterocycles. The van der Waals surface area contributed by atoms with E-state index in [1.165, 1.54) is 42.7 Å². The molecule has 1 N–H and O–H groups in total. The second-order valence-electron chi connectivity index (χ2n) is 7.46. The fourth-order valence-corrected chi connectivity index (χ4v) is 4.65. The van der Waals surface area contributed by atoms with Gasteiger partial charge in [0.15, 0.2) is 0 Å². The molecule has 0 spiro atoms. The lowest BCUT2D eigenvalue weighted by atomic mass is 9.68. The largest absolute Gasteiger partial charge is 0.508 e. The van der Waals surface area contributed by atoms with E-state index < -0.39 is 0 Å². The van der Waals surface area contributed by atoms with E-state index in [9.17, 15) is 5.11 Å². The standard InChI is InChI=1S/C21H29NOS/c1-17-16-22(12-4-3-9-20-10-6-14-24-20)13-11-21(17,2)18-7-5-8-19(23)15-18/h5-8,10,14-15,17,23H,3-4,9,11-13,16H2,1-2H3/t17-,21+/m1/s1. The van der Waals surface area contributed by atoms with Crippen molar-refractivity contribution in [3.05, 3.63) is 52.2 Å². The molecule has 0 bridgehead atoms. The van der Waals surface area contributed by atoms with Crippen LogP contribution in [0.4, 0.5) is 0 Å². The average molecular weight is 344 g/mol. The van der Waals surface area contributed by atoms with Crippen molar-refractivity contribution in [1.82, 2.24) is 4.90 Å². The first-order valence-electron chi connectivity index (χ1n) is 9.12. The molecule has 0 radical (unpaired) electrons. The number of phenols is 1. The molecule has 0 aliphatic carbocycles. The number of nitrogens with zero attached hydrogens (tertiary/aromatic N) is 1. The molecule has 24 heavy (non-hydrogen) atoms. The number of rotatable bonds is 6. The number of aryl methyl sites for hydroxylation is 1. The highest BCUT2D eigenvalue weighted by molar-refractivity contribution is 7.09. The highest BCUT2D eigenvalue weighted by Crippen LogP contribution is 2.40. The number of hydrogen-bond acceptors (Lipinski definition) is 3. The molecule has 2 atom stereocenters. The molecule has 2 heterocycles. The summed E-state index contributed by atoms with van der Waals surface area (Å²) in [5, 5.41) is 12.0. The molecule has 1 aliphatic heterocycles. The topological polar surface area (TPSA) is 23.5 Å². The summed E-state index contributed by atoms with van der Waals surface area (Å²) >= 11 is 1.87. The zero-order valence-electron chi connectivity index (χ0n) is 14.9. The molecule has 0 unspecified atom stereocenters. The highest BCUT2D eigenvalue weighted by Gasteiger charge is 2.37. The number of piperidine rings is 1. The Morgan fingerprint density at radius 3 is 2.83 bits per heavy atom. The van der Waals surface area contributed by atoms with Gasteiger partial charge in [-0.05, 0) is 79.2 Å². The van der Waals surface area contributed by atoms with Gasteiger partial charge in [-0.3, -0.25) is 0 Å². The Labute approximate surface area is 150 Å². The molecule has 0 saturated carbocycles. The number of benzene rings is 1. The number of likely N-dealkylation sites (tertiary alicyclic amines) is 1. The third-order valence-corrected chi connectivity index (χ3v) is 6.74. The zero-order valence-corrected chi connectivity index (χ0v) is 15.7. The summed E-state index contributed by atoms with van der Waals surface area (Å²) in [6.45, 7) is 8.26. The fraction of sp³-hybridized carbons (Fsp3) is 0.524. The molecule has 0 amide bonds. The molecule has 2 nitrogen and oxygen atoms in total. The van der Waals surface area contributed by atoms with Crippen LogP contribution in [0.2, 0.25) is 0 Å². The van der Waals surface area contributed by atoms with Gasteiger partial charge >= 0.3 is 0 Å². The predicted octanol–water partition coefficient (Wildman–Crippen LogP) is 5.08. The number of unbranched alkanes of at least 4 members (excludes halogenated alkanes) is 1. The smallest absolute Gasteiger partial charge is 0.115 e. The number of aromatic hydroxyl groups is 1. The molecule has 2 aromatic rings. The van der Waals surface area contributed by atoms with Gasteiger partial charge in [0.25, 0.3) is 0 Å². The predicted molar refractivity (Wildman–Crippen MR) is 103 cm³/mol. The quantitative estimate of drug-likeness (QED) is 0.740. The van der Waals surface area contributed by atoms with E-state index in [0.717, 1.165) is 13.1 Å². The Balaban J connectivity index is 1.49. The second-order valence-corrected chi connectivity index (χ2v) is 8.49. The van der Waals surface area contributed by atoms with Crippen LogP contribution in [0.15, 0.2) is 41.8 Å². The van der Waals surface area contributed by atoms with Crippen molar-refractivity contribution in [3.8, 4) is 5.75 Å². The van der Waals surface area contributed by atoms with Crippen molar-refractivity contribution in [2.24, 2.45) is 5.92 Å². The third-order valence-electron chi connectivity index (χ3n) is 5.80. The summed E-state index contributed by atoms with van der Waals surface area (Å²) in [7, 11) is 0. The van der Waals surface area contributed by atoms with Gasteiger partial charge in [-0.2, -0.15) is 0 Å². The lowest BCUT2D eigenvalue weighted by molar-refractivity contribution is 0.109. The normalized spacial score (nSPS) is 25.0. The van der Waals surface area contributed by atoms with Gasteiger partial charge in [0, 0.05) is 11.4 Å². The maximum atomic E-state index is 9.81. The van der Waals surface area contributed by atoms with Gasteiger partial charge in [-0.25, -0.2) is 0 Å². The van der Waals surface area contributed by atoms with E-state index in [2.05, 4.69) is 42.3 Å². The van der Waals surface area contributed by atoms with Crippen LogP contribution in [0.25, 0.3) is 0 Å². The first kappa shape index (κ1) is 17.5. The molecule has 130 valence electrons. The van der Waals surface area contributed by atoms with Crippen molar-refractivity contribution in [1.29, 1.82) is 0 Å². The molecule has 3 heteroatoms. The molecule has 1 aromatic carbocycles. The minimum atomic E-state index is 0.173. The Kier molecular flexibility index (Phi) is 5.62. The highest BCUT2D eigenvalue weighted by atomic mass is 32.1. The van der Waals surface area contributed by atoms with Crippen molar-refractivity contribution in [2.75, 3.05) is 19.6 Å². The first-order valence-corrected chi connectivity index (χ1v) is 10.00. The van der Waals surface area contributed by atoms with E-state index in [0.29, 0.717) is 11.7 Å². The van der Waals surface area contributed by atoms with Crippen LogP contribution in [-0.2, 0) is 11.8 Å². The van der Waals surface area contributed by atoms with Gasteiger partial charge in [-0.1, -0.05) is 32.0 Å². The molecule has 1 fully saturated rings. The lowest BCUT2D eigenvalue weighted by Crippen LogP contribution is -2.47. The minimum Gasteiger partial charge on any atom is -0.508 e. The summed E-state index contributed by atoms with van der Waals surface area (Å²) in [6, 6.07) is 12.3. The maximum Gasteiger partial charge on any atom is 0.115 e. The van der Waals surface area contributed by atoms with Crippen molar-refractivity contribution >= 4 is 11.3 Å². The number of thiophene rings is 1. The van der Waals surface area contributed by atoms with Crippen molar-refractivity contribution in [3.63, 3.8) is 0 Å². The number of phenolic OH excluding ortho intramolecular Hbond substituents is 1. The van der Waals surface area contributed by atoms with Crippen molar-refractivity contribution < 1.29 is 5.11 Å². The molecule has 3 rings (SSSR count). The van der Waals surface area contributed by atoms with Crippen LogP contribution < -0.4 is 0 Å². The minimum absolute atomic E-state index is 0.173. The average Bonchev–Trinajstić information content (AvgIpc) is 3.08. The van der Waals surface area contributed by atoms with Gasteiger partial charge in [0.05, 0.1) is 0 Å². The van der Waals surface area contributed by atoms with Crippen LogP contribution in [0.3, 0.4) is 0 Å². The van der Waals surface area contributed by atoms with Gasteiger partial charge < -0.3 is 10.0 Å². The lowest BCUT2D eigenvalue weighted by Gasteiger charge is -2.45. The van der Waals surface area contributed by atoms with Crippen LogP contribution in [-0.4, -0.2) is 29.6 Å².